The highest BCUT2D eigenvalue weighted by Crippen LogP contribution is 2.13. The van der Waals surface area contributed by atoms with Crippen molar-refractivity contribution in [3.63, 3.8) is 0 Å². The number of sulfonamides is 1. The maximum atomic E-state index is 12.4. The van der Waals surface area contributed by atoms with Gasteiger partial charge in [0.25, 0.3) is 5.91 Å². The van der Waals surface area contributed by atoms with E-state index in [0.29, 0.717) is 6.54 Å². The summed E-state index contributed by atoms with van der Waals surface area (Å²) in [5, 5.41) is 4.40. The van der Waals surface area contributed by atoms with E-state index in [-0.39, 0.29) is 4.90 Å². The predicted octanol–water partition coefficient (Wildman–Crippen LogP) is 0.767. The summed E-state index contributed by atoms with van der Waals surface area (Å²) in [6, 6.07) is 5.67. The number of hydrogen-bond donors (Lipinski definition) is 3. The molecule has 1 aromatic carbocycles. The van der Waals surface area contributed by atoms with Gasteiger partial charge in [-0.3, -0.25) is 14.9 Å². The zero-order chi connectivity index (χ0) is 20.6. The minimum absolute atomic E-state index is 0.00507. The van der Waals surface area contributed by atoms with E-state index in [1.54, 1.807) is 39.0 Å². The molecule has 2 atom stereocenters. The summed E-state index contributed by atoms with van der Waals surface area (Å²) >= 11 is 0. The van der Waals surface area contributed by atoms with Gasteiger partial charge in [-0.05, 0) is 31.9 Å². The van der Waals surface area contributed by atoms with Crippen LogP contribution in [0.5, 0.6) is 0 Å². The molecule has 2 unspecified atom stereocenters. The van der Waals surface area contributed by atoms with E-state index < -0.39 is 46.0 Å². The van der Waals surface area contributed by atoms with Gasteiger partial charge in [-0.2, -0.15) is 4.72 Å². The van der Waals surface area contributed by atoms with E-state index in [2.05, 4.69) is 10.0 Å². The molecule has 0 bridgehead atoms. The van der Waals surface area contributed by atoms with Gasteiger partial charge in [-0.15, -0.1) is 0 Å². The van der Waals surface area contributed by atoms with Gasteiger partial charge in [0, 0.05) is 6.54 Å². The van der Waals surface area contributed by atoms with Crippen molar-refractivity contribution in [2.45, 2.75) is 44.7 Å². The Kier molecular flexibility index (Phi) is 8.38. The van der Waals surface area contributed by atoms with Crippen molar-refractivity contribution < 1.29 is 27.5 Å². The van der Waals surface area contributed by atoms with Crippen LogP contribution >= 0.6 is 0 Å². The first-order valence-electron chi connectivity index (χ1n) is 8.45. The molecule has 0 spiro atoms. The Bertz CT molecular complexity index is 764. The summed E-state index contributed by atoms with van der Waals surface area (Å²) in [6.45, 7) is 6.57. The summed E-state index contributed by atoms with van der Waals surface area (Å²) in [5.74, 6) is -2.17. The van der Waals surface area contributed by atoms with E-state index in [9.17, 15) is 22.8 Å². The lowest BCUT2D eigenvalue weighted by molar-refractivity contribution is -0.157. The number of ether oxygens (including phenoxy) is 1. The molecule has 3 amide bonds. The lowest BCUT2D eigenvalue weighted by Gasteiger charge is -2.22. The summed E-state index contributed by atoms with van der Waals surface area (Å²) < 4.78 is 32.2. The first-order valence-corrected chi connectivity index (χ1v) is 9.93. The van der Waals surface area contributed by atoms with E-state index in [4.69, 9.17) is 4.74 Å². The number of benzene rings is 1. The fourth-order valence-corrected chi connectivity index (χ4v) is 3.36. The lowest BCUT2D eigenvalue weighted by atomic mass is 10.1. The molecule has 0 radical (unpaired) electrons. The van der Waals surface area contributed by atoms with Gasteiger partial charge in [0.15, 0.2) is 6.10 Å². The molecule has 9 nitrogen and oxygen atoms in total. The molecule has 150 valence electrons. The Morgan fingerprint density at radius 2 is 1.67 bits per heavy atom. The molecular weight excluding hydrogens is 374 g/mol. The summed E-state index contributed by atoms with van der Waals surface area (Å²) in [4.78, 5) is 35.6. The first-order chi connectivity index (χ1) is 12.6. The molecule has 1 rings (SSSR count). The van der Waals surface area contributed by atoms with Gasteiger partial charge >= 0.3 is 12.0 Å². The zero-order valence-corrected chi connectivity index (χ0v) is 16.5. The van der Waals surface area contributed by atoms with Crippen LogP contribution in [0.25, 0.3) is 0 Å². The largest absolute Gasteiger partial charge is 0.451 e. The van der Waals surface area contributed by atoms with Gasteiger partial charge in [0.1, 0.15) is 6.04 Å². The first kappa shape index (κ1) is 22.6. The summed E-state index contributed by atoms with van der Waals surface area (Å²) in [5.41, 5.74) is 0. The molecule has 0 fully saturated rings. The van der Waals surface area contributed by atoms with Crippen LogP contribution in [0.2, 0.25) is 0 Å². The monoisotopic (exact) mass is 399 g/mol. The molecule has 3 N–H and O–H groups in total. The average molecular weight is 399 g/mol. The molecule has 0 saturated carbocycles. The van der Waals surface area contributed by atoms with Gasteiger partial charge in [-0.25, -0.2) is 13.2 Å². The highest BCUT2D eigenvalue weighted by atomic mass is 32.2. The highest BCUT2D eigenvalue weighted by molar-refractivity contribution is 7.89. The van der Waals surface area contributed by atoms with Crippen LogP contribution in [0.1, 0.15) is 27.7 Å². The Morgan fingerprint density at radius 1 is 1.07 bits per heavy atom. The normalized spacial score (nSPS) is 13.5. The van der Waals surface area contributed by atoms with E-state index in [0.717, 1.165) is 0 Å². The van der Waals surface area contributed by atoms with Crippen molar-refractivity contribution in [2.75, 3.05) is 6.54 Å². The number of imide groups is 1. The quantitative estimate of drug-likeness (QED) is 0.554. The Balaban J connectivity index is 2.81. The predicted molar refractivity (Wildman–Crippen MR) is 98.2 cm³/mol. The van der Waals surface area contributed by atoms with Crippen molar-refractivity contribution in [3.8, 4) is 0 Å². The number of urea groups is 1. The third-order valence-electron chi connectivity index (χ3n) is 3.49. The Hall–Kier alpha value is -2.46. The van der Waals surface area contributed by atoms with Gasteiger partial charge in [-0.1, -0.05) is 32.0 Å². The minimum Gasteiger partial charge on any atom is -0.451 e. The zero-order valence-electron chi connectivity index (χ0n) is 15.7. The van der Waals surface area contributed by atoms with Gasteiger partial charge in [0.2, 0.25) is 10.0 Å². The van der Waals surface area contributed by atoms with Crippen LogP contribution in [-0.4, -0.2) is 45.0 Å². The third kappa shape index (κ3) is 6.99. The van der Waals surface area contributed by atoms with Crippen molar-refractivity contribution in [2.24, 2.45) is 5.92 Å². The number of hydrogen-bond acceptors (Lipinski definition) is 6. The average Bonchev–Trinajstić information content (AvgIpc) is 2.60. The van der Waals surface area contributed by atoms with Crippen LogP contribution < -0.4 is 15.4 Å². The molecule has 0 aliphatic carbocycles. The topological polar surface area (TPSA) is 131 Å². The fraction of sp³-hybridized carbons (Fsp3) is 0.471. The fourth-order valence-electron chi connectivity index (χ4n) is 2.01. The van der Waals surface area contributed by atoms with E-state index in [1.165, 1.54) is 19.1 Å². The van der Waals surface area contributed by atoms with Crippen molar-refractivity contribution in [1.29, 1.82) is 0 Å². The minimum atomic E-state index is -3.95. The van der Waals surface area contributed by atoms with Gasteiger partial charge < -0.3 is 10.1 Å². The number of carbonyl (C=O) groups excluding carboxylic acids is 3. The molecule has 1 aromatic rings. The second-order valence-corrected chi connectivity index (χ2v) is 7.80. The van der Waals surface area contributed by atoms with Gasteiger partial charge in [0.05, 0.1) is 4.90 Å². The number of esters is 1. The van der Waals surface area contributed by atoms with Crippen LogP contribution in [0.15, 0.2) is 35.2 Å². The number of nitrogens with one attached hydrogen (secondary N) is 3. The third-order valence-corrected chi connectivity index (χ3v) is 4.95. The smallest absolute Gasteiger partial charge is 0.325 e. The van der Waals surface area contributed by atoms with Crippen LogP contribution in [-0.2, 0) is 24.3 Å². The molecule has 0 aliphatic heterocycles. The van der Waals surface area contributed by atoms with Crippen LogP contribution in [0.4, 0.5) is 4.79 Å². The second-order valence-electron chi connectivity index (χ2n) is 6.08. The number of carbonyl (C=O) groups is 3. The van der Waals surface area contributed by atoms with E-state index in [1.807, 2.05) is 5.32 Å². The second kappa shape index (κ2) is 10.0. The summed E-state index contributed by atoms with van der Waals surface area (Å²) in [6.07, 6.45) is -1.28. The highest BCUT2D eigenvalue weighted by Gasteiger charge is 2.32. The molecule has 0 aromatic heterocycles. The Morgan fingerprint density at radius 3 is 2.19 bits per heavy atom. The molecule has 0 saturated heterocycles. The molecule has 0 aliphatic rings. The van der Waals surface area contributed by atoms with Crippen molar-refractivity contribution in [3.05, 3.63) is 30.3 Å². The van der Waals surface area contributed by atoms with Crippen molar-refractivity contribution >= 4 is 27.9 Å². The SMILES string of the molecule is CCNC(=O)NC(=O)C(C)OC(=O)C(NS(=O)(=O)c1ccccc1)C(C)C. The number of amides is 3. The van der Waals surface area contributed by atoms with E-state index >= 15 is 0 Å². The van der Waals surface area contributed by atoms with Crippen LogP contribution in [0, 0.1) is 5.92 Å². The molecular formula is C17H25N3O6S. The maximum Gasteiger partial charge on any atom is 0.325 e. The van der Waals surface area contributed by atoms with Crippen LogP contribution in [0.3, 0.4) is 0 Å². The molecule has 0 heterocycles. The van der Waals surface area contributed by atoms with Crippen molar-refractivity contribution in [1.82, 2.24) is 15.4 Å². The maximum absolute atomic E-state index is 12.4. The Labute approximate surface area is 158 Å². The lowest BCUT2D eigenvalue weighted by Crippen LogP contribution is -2.49. The summed E-state index contributed by atoms with van der Waals surface area (Å²) in [7, 11) is -3.95. The molecule has 27 heavy (non-hydrogen) atoms. The number of rotatable bonds is 8. The standard InChI is InChI=1S/C17H25N3O6S/c1-5-18-17(23)19-15(21)12(4)26-16(22)14(11(2)3)20-27(24,25)13-9-7-6-8-10-13/h6-12,14,20H,5H2,1-4H3,(H2,18,19,21,23). The molecule has 10 heteroatoms.